The van der Waals surface area contributed by atoms with E-state index in [-0.39, 0.29) is 30.5 Å². The molecule has 73 heavy (non-hydrogen) atoms. The maximum Gasteiger partial charge on any atom is 0.311 e. The molecule has 426 valence electrons. The van der Waals surface area contributed by atoms with Gasteiger partial charge in [0.15, 0.2) is 12.6 Å². The summed E-state index contributed by atoms with van der Waals surface area (Å²) < 4.78 is 43.9. The molecular formula is C55H103N5O13. The maximum absolute atomic E-state index is 14.4. The molecule has 2 aliphatic rings. The minimum Gasteiger partial charge on any atom is -0.459 e. The fraction of sp³-hybridized carbons (Fsp3) is 0.818. The summed E-state index contributed by atoms with van der Waals surface area (Å²) in [5.74, 6) is -2.09. The van der Waals surface area contributed by atoms with Gasteiger partial charge in [-0.05, 0) is 111 Å². The highest BCUT2D eigenvalue weighted by molar-refractivity contribution is 5.73. The number of benzene rings is 1. The van der Waals surface area contributed by atoms with Crippen LogP contribution in [0.4, 0.5) is 0 Å². The molecule has 1 aromatic rings. The minimum atomic E-state index is -1.77. The Labute approximate surface area is 440 Å². The van der Waals surface area contributed by atoms with E-state index in [9.17, 15) is 20.1 Å². The van der Waals surface area contributed by atoms with Gasteiger partial charge in [-0.25, -0.2) is 0 Å². The lowest BCUT2D eigenvalue weighted by atomic mass is 9.78. The van der Waals surface area contributed by atoms with E-state index in [1.54, 1.807) is 49.0 Å². The van der Waals surface area contributed by atoms with E-state index in [1.807, 2.05) is 78.9 Å². The Kier molecular flexibility index (Phi) is 33.9. The molecule has 0 aromatic heterocycles. The molecule has 3 rings (SSSR count). The molecular weight excluding hydrogens is 939 g/mol. The second-order valence-electron chi connectivity index (χ2n) is 20.5. The van der Waals surface area contributed by atoms with E-state index in [0.29, 0.717) is 69.5 Å². The summed E-state index contributed by atoms with van der Waals surface area (Å²) in [6, 6.07) is 9.27. The van der Waals surface area contributed by atoms with Crippen LogP contribution in [0.3, 0.4) is 0 Å². The summed E-state index contributed by atoms with van der Waals surface area (Å²) in [5.41, 5.74) is 5.27. The van der Waals surface area contributed by atoms with Gasteiger partial charge in [-0.15, -0.1) is 0 Å². The van der Waals surface area contributed by atoms with Crippen LogP contribution in [0.1, 0.15) is 139 Å². The summed E-state index contributed by atoms with van der Waals surface area (Å²) in [5, 5.41) is 64.7. The van der Waals surface area contributed by atoms with Gasteiger partial charge in [-0.3, -0.25) is 4.79 Å². The van der Waals surface area contributed by atoms with Gasteiger partial charge in [0.05, 0.1) is 66.3 Å². The molecule has 0 aliphatic carbocycles. The number of aliphatic hydroxyl groups excluding tert-OH is 3. The Morgan fingerprint density at radius 3 is 2.19 bits per heavy atom. The lowest BCUT2D eigenvalue weighted by molar-refractivity contribution is -0.285. The molecule has 9 N–H and O–H groups in total. The van der Waals surface area contributed by atoms with Gasteiger partial charge in [0, 0.05) is 84.1 Å². The van der Waals surface area contributed by atoms with Crippen molar-refractivity contribution in [3.05, 3.63) is 47.3 Å². The molecule has 7 unspecified atom stereocenters. The molecule has 0 bridgehead atoms. The topological polar surface area (TPSA) is 260 Å². The number of likely N-dealkylation sites (N-methyl/N-ethyl adjacent to an activating group) is 1. The minimum absolute atomic E-state index is 0.0121. The lowest BCUT2D eigenvalue weighted by Crippen LogP contribution is -2.58. The van der Waals surface area contributed by atoms with Gasteiger partial charge in [0.2, 0.25) is 0 Å². The number of carbonyl (C=O) groups excluding carboxylic acids is 1. The average molecular weight is 1040 g/mol. The fourth-order valence-electron chi connectivity index (χ4n) is 9.70. The maximum atomic E-state index is 14.4. The van der Waals surface area contributed by atoms with Crippen molar-refractivity contribution in [3.8, 4) is 6.07 Å². The molecule has 0 amide bonds. The lowest BCUT2D eigenvalue weighted by Gasteiger charge is -2.47. The van der Waals surface area contributed by atoms with Gasteiger partial charge >= 0.3 is 5.97 Å². The molecule has 18 heteroatoms. The first-order valence-corrected chi connectivity index (χ1v) is 26.4. The summed E-state index contributed by atoms with van der Waals surface area (Å²) in [7, 11) is 9.09. The van der Waals surface area contributed by atoms with E-state index >= 15 is 0 Å². The number of nitrogens with one attached hydrogen (secondary N) is 2. The van der Waals surface area contributed by atoms with Crippen LogP contribution in [-0.4, -0.2) is 177 Å². The first-order valence-electron chi connectivity index (χ1n) is 26.4. The SMILES string of the molecule is CC.CC[C@@H](OC(=O)C(C)[C@@H](O[C@H]1C[C@@](C)(OC)CCO1)[C@H](C)[C@@H](OC1CC(N(C)CC/C(N)=C/NC(COC)Cc2ccc(C#N)cc2)CC(C)O1)[C@](C)(O)CC(C)C)[C@@](C)(O)C(O)C(C)NC.CO.CO. The smallest absolute Gasteiger partial charge is 0.311 e. The Bertz CT molecular complexity index is 1700. The van der Waals surface area contributed by atoms with E-state index in [2.05, 4.69) is 28.7 Å². The number of aliphatic hydroxyl groups is 5. The predicted octanol–water partition coefficient (Wildman–Crippen LogP) is 5.39. The zero-order chi connectivity index (χ0) is 56.3. The number of carbonyl (C=O) groups is 1. The molecule has 0 spiro atoms. The fourth-order valence-corrected chi connectivity index (χ4v) is 9.70. The predicted molar refractivity (Wildman–Crippen MR) is 286 cm³/mol. The monoisotopic (exact) mass is 1040 g/mol. The number of hydrogen-bond donors (Lipinski definition) is 8. The normalized spacial score (nSPS) is 25.1. The zero-order valence-corrected chi connectivity index (χ0v) is 48.1. The van der Waals surface area contributed by atoms with Crippen LogP contribution in [0.15, 0.2) is 36.2 Å². The molecule has 1 aromatic carbocycles. The van der Waals surface area contributed by atoms with Crippen LogP contribution in [0, 0.1) is 29.1 Å². The molecule has 0 radical (unpaired) electrons. The van der Waals surface area contributed by atoms with Gasteiger partial charge in [-0.2, -0.15) is 5.26 Å². The second-order valence-corrected chi connectivity index (χ2v) is 20.5. The molecule has 2 fully saturated rings. The third-order valence-corrected chi connectivity index (χ3v) is 14.0. The molecule has 15 atom stereocenters. The van der Waals surface area contributed by atoms with Crippen LogP contribution >= 0.6 is 0 Å². The van der Waals surface area contributed by atoms with Gasteiger partial charge < -0.3 is 80.0 Å². The van der Waals surface area contributed by atoms with Gasteiger partial charge in [0.1, 0.15) is 17.8 Å². The quantitative estimate of drug-likeness (QED) is 0.0490. The van der Waals surface area contributed by atoms with Crippen molar-refractivity contribution in [2.75, 3.05) is 62.3 Å². The Morgan fingerprint density at radius 1 is 1.04 bits per heavy atom. The largest absolute Gasteiger partial charge is 0.459 e. The second kappa shape index (κ2) is 35.4. The van der Waals surface area contributed by atoms with E-state index in [4.69, 9.17) is 54.4 Å². The van der Waals surface area contributed by atoms with E-state index in [0.717, 1.165) is 26.2 Å². The number of ether oxygens (including phenoxy) is 7. The summed E-state index contributed by atoms with van der Waals surface area (Å²) in [4.78, 5) is 16.6. The molecule has 2 heterocycles. The van der Waals surface area contributed by atoms with Gasteiger partial charge in [-0.1, -0.05) is 53.7 Å². The third kappa shape index (κ3) is 23.0. The average Bonchev–Trinajstić information content (AvgIpc) is 3.37. The Balaban J connectivity index is 0.00000831. The van der Waals surface area contributed by atoms with Crippen molar-refractivity contribution < 1.29 is 63.5 Å². The number of nitrogens with zero attached hydrogens (tertiary/aromatic N) is 2. The third-order valence-electron chi connectivity index (χ3n) is 14.0. The van der Waals surface area contributed by atoms with Crippen LogP contribution in [0.5, 0.6) is 0 Å². The van der Waals surface area contributed by atoms with Gasteiger partial charge in [0.25, 0.3) is 0 Å². The van der Waals surface area contributed by atoms with E-state index in [1.165, 1.54) is 6.92 Å². The standard InChI is InChI=1S/C51H89N5O11.C2H6.2CH4O/c1-15-42(51(10,60)46(57)36(7)54-11)65-48(58)35(6)45(66-44-28-49(8,62-14)21-23-63-44)34(5)47(50(9,59)27-32(2)3)67-43-26-41(24-33(4)64-43)56(12)22-20-39(53)30-55-40(31-61-13)25-37-16-18-38(29-52)19-17-37;3*1-2/h16-19,30,32-36,40-47,54-55,57,59-60H,15,20-28,31,53H2,1-14H3;1-2H3;2*2H,1H3/b39-30-;;;/t33?,34-,35?,36?,40?,41?,42+,43?,44-,45-,46?,47+,49-,50+,51+;;;/m0.../s1. The number of hydrogen-bond acceptors (Lipinski definition) is 18. The molecule has 0 saturated carbocycles. The highest BCUT2D eigenvalue weighted by Gasteiger charge is 2.49. The Morgan fingerprint density at radius 2 is 1.66 bits per heavy atom. The van der Waals surface area contributed by atoms with Crippen molar-refractivity contribution in [2.45, 2.75) is 212 Å². The van der Waals surface area contributed by atoms with E-state index < -0.39 is 77.6 Å². The molecule has 18 nitrogen and oxygen atoms in total. The number of nitriles is 1. The number of nitrogens with two attached hydrogens (primary N) is 1. The summed E-state index contributed by atoms with van der Waals surface area (Å²) >= 11 is 0. The highest BCUT2D eigenvalue weighted by Crippen LogP contribution is 2.39. The number of methoxy groups -OCH3 is 2. The van der Waals surface area contributed by atoms with Crippen molar-refractivity contribution in [1.29, 1.82) is 5.26 Å². The van der Waals surface area contributed by atoms with Crippen molar-refractivity contribution in [1.82, 2.24) is 15.5 Å². The molecule has 2 saturated heterocycles. The first-order chi connectivity index (χ1) is 34.4. The van der Waals surface area contributed by atoms with Crippen LogP contribution in [0.25, 0.3) is 0 Å². The van der Waals surface area contributed by atoms with Crippen LogP contribution < -0.4 is 16.4 Å². The van der Waals surface area contributed by atoms with Crippen molar-refractivity contribution in [3.63, 3.8) is 0 Å². The first kappa shape index (κ1) is 70.0. The van der Waals surface area contributed by atoms with Crippen molar-refractivity contribution in [2.24, 2.45) is 23.5 Å². The Hall–Kier alpha value is -3.00. The van der Waals surface area contributed by atoms with Crippen LogP contribution in [-0.2, 0) is 44.4 Å². The van der Waals surface area contributed by atoms with Crippen LogP contribution in [0.2, 0.25) is 0 Å². The zero-order valence-electron chi connectivity index (χ0n) is 48.1. The highest BCUT2D eigenvalue weighted by atomic mass is 16.7. The number of rotatable bonds is 28. The van der Waals surface area contributed by atoms with Crippen molar-refractivity contribution >= 4 is 5.97 Å². The number of esters is 1. The molecule has 2 aliphatic heterocycles. The summed E-state index contributed by atoms with van der Waals surface area (Å²) in [6.07, 6.45) is 0.493. The summed E-state index contributed by atoms with van der Waals surface area (Å²) in [6.45, 7) is 24.1.